The molecular weight excluding hydrogens is 318 g/mol. The fraction of sp³-hybridized carbons (Fsp3) is 0.0909. The van der Waals surface area contributed by atoms with Gasteiger partial charge in [0.1, 0.15) is 12.0 Å². The number of nitrogens with one attached hydrogen (secondary N) is 1. The van der Waals surface area contributed by atoms with Crippen molar-refractivity contribution < 1.29 is 14.1 Å². The minimum atomic E-state index is -0.546. The molecule has 0 spiro atoms. The maximum atomic E-state index is 11.8. The van der Waals surface area contributed by atoms with Crippen LogP contribution in [0, 0.1) is 17.0 Å². The second kappa shape index (κ2) is 5.19. The standard InChI is InChI=1S/C11H8BrN3O4/c1-6-4-7(15(17)18)5-13-10(6)14-11(16)8-2-3-9(12)19-8/h2-5H,1H3,(H,13,14,16). The van der Waals surface area contributed by atoms with E-state index in [1.54, 1.807) is 13.0 Å². The normalized spacial score (nSPS) is 10.2. The molecule has 0 atom stereocenters. The molecule has 0 aliphatic carbocycles. The van der Waals surface area contributed by atoms with Crippen LogP contribution in [0.5, 0.6) is 0 Å². The van der Waals surface area contributed by atoms with Crippen LogP contribution in [0.2, 0.25) is 0 Å². The Morgan fingerprint density at radius 3 is 2.79 bits per heavy atom. The fourth-order valence-electron chi connectivity index (χ4n) is 1.40. The Morgan fingerprint density at radius 2 is 2.26 bits per heavy atom. The summed E-state index contributed by atoms with van der Waals surface area (Å²) in [6.45, 7) is 1.62. The third-order valence-electron chi connectivity index (χ3n) is 2.30. The number of hydrogen-bond acceptors (Lipinski definition) is 5. The summed E-state index contributed by atoms with van der Waals surface area (Å²) >= 11 is 3.09. The Kier molecular flexibility index (Phi) is 3.61. The third kappa shape index (κ3) is 2.97. The van der Waals surface area contributed by atoms with Gasteiger partial charge in [-0.15, -0.1) is 0 Å². The molecule has 0 bridgehead atoms. The number of amides is 1. The van der Waals surface area contributed by atoms with E-state index in [9.17, 15) is 14.9 Å². The minimum absolute atomic E-state index is 0.117. The number of anilines is 1. The largest absolute Gasteiger partial charge is 0.444 e. The van der Waals surface area contributed by atoms with Crippen LogP contribution < -0.4 is 5.32 Å². The van der Waals surface area contributed by atoms with Crippen molar-refractivity contribution in [3.05, 3.63) is 50.5 Å². The Hall–Kier alpha value is -2.22. The number of halogens is 1. The summed E-state index contributed by atoms with van der Waals surface area (Å²) in [7, 11) is 0. The number of carbonyl (C=O) groups excluding carboxylic acids is 1. The minimum Gasteiger partial charge on any atom is -0.444 e. The van der Waals surface area contributed by atoms with Crippen LogP contribution in [0.1, 0.15) is 16.1 Å². The molecule has 0 unspecified atom stereocenters. The zero-order valence-electron chi connectivity index (χ0n) is 9.71. The number of rotatable bonds is 3. The predicted molar refractivity (Wildman–Crippen MR) is 70.0 cm³/mol. The summed E-state index contributed by atoms with van der Waals surface area (Å²) < 4.78 is 5.52. The average molecular weight is 326 g/mol. The predicted octanol–water partition coefficient (Wildman–Crippen LogP) is 2.91. The molecule has 0 radical (unpaired) electrons. The van der Waals surface area contributed by atoms with Gasteiger partial charge in [-0.1, -0.05) is 0 Å². The lowest BCUT2D eigenvalue weighted by molar-refractivity contribution is -0.385. The summed E-state index contributed by atoms with van der Waals surface area (Å²) in [4.78, 5) is 25.7. The second-order valence-corrected chi connectivity index (χ2v) is 4.46. The van der Waals surface area contributed by atoms with Gasteiger partial charge in [-0.25, -0.2) is 4.98 Å². The van der Waals surface area contributed by atoms with Crippen LogP contribution in [0.25, 0.3) is 0 Å². The van der Waals surface area contributed by atoms with E-state index in [0.29, 0.717) is 10.2 Å². The topological polar surface area (TPSA) is 98.3 Å². The number of pyridine rings is 1. The van der Waals surface area contributed by atoms with Crippen molar-refractivity contribution in [1.29, 1.82) is 0 Å². The summed E-state index contributed by atoms with van der Waals surface area (Å²) in [5.74, 6) is -0.107. The SMILES string of the molecule is Cc1cc([N+](=O)[O-])cnc1NC(=O)c1ccc(Br)o1. The molecule has 0 aromatic carbocycles. The van der Waals surface area contributed by atoms with Crippen molar-refractivity contribution in [2.45, 2.75) is 6.92 Å². The van der Waals surface area contributed by atoms with Crippen molar-refractivity contribution in [3.8, 4) is 0 Å². The van der Waals surface area contributed by atoms with Gasteiger partial charge in [-0.05, 0) is 40.5 Å². The fourth-order valence-corrected chi connectivity index (χ4v) is 1.70. The molecule has 2 aromatic rings. The van der Waals surface area contributed by atoms with E-state index in [1.807, 2.05) is 0 Å². The monoisotopic (exact) mass is 325 g/mol. The lowest BCUT2D eigenvalue weighted by atomic mass is 10.2. The maximum absolute atomic E-state index is 11.8. The summed E-state index contributed by atoms with van der Waals surface area (Å²) in [6, 6.07) is 4.42. The van der Waals surface area contributed by atoms with Gasteiger partial charge < -0.3 is 9.73 Å². The lowest BCUT2D eigenvalue weighted by Gasteiger charge is -2.05. The highest BCUT2D eigenvalue weighted by Crippen LogP contribution is 2.20. The molecule has 2 heterocycles. The number of hydrogen-bond donors (Lipinski definition) is 1. The first-order valence-corrected chi connectivity index (χ1v) is 5.94. The number of nitro groups is 1. The highest BCUT2D eigenvalue weighted by Gasteiger charge is 2.14. The molecular formula is C11H8BrN3O4. The number of furan rings is 1. The Bertz CT molecular complexity index is 653. The Balaban J connectivity index is 2.20. The average Bonchev–Trinajstić information content (AvgIpc) is 2.78. The first-order chi connectivity index (χ1) is 8.97. The van der Waals surface area contributed by atoms with Crippen LogP contribution in [-0.4, -0.2) is 15.8 Å². The van der Waals surface area contributed by atoms with E-state index < -0.39 is 10.8 Å². The first-order valence-electron chi connectivity index (χ1n) is 5.15. The molecule has 0 saturated heterocycles. The highest BCUT2D eigenvalue weighted by molar-refractivity contribution is 9.10. The van der Waals surface area contributed by atoms with Crippen LogP contribution in [0.4, 0.5) is 11.5 Å². The third-order valence-corrected chi connectivity index (χ3v) is 2.73. The van der Waals surface area contributed by atoms with Crippen LogP contribution in [0.15, 0.2) is 33.5 Å². The number of carbonyl (C=O) groups is 1. The van der Waals surface area contributed by atoms with E-state index in [-0.39, 0.29) is 17.3 Å². The molecule has 19 heavy (non-hydrogen) atoms. The molecule has 0 aliphatic heterocycles. The van der Waals surface area contributed by atoms with Crippen molar-refractivity contribution in [3.63, 3.8) is 0 Å². The quantitative estimate of drug-likeness (QED) is 0.691. The van der Waals surface area contributed by atoms with Crippen molar-refractivity contribution >= 4 is 33.3 Å². The summed E-state index contributed by atoms with van der Waals surface area (Å²) in [5, 5.41) is 13.1. The van der Waals surface area contributed by atoms with Gasteiger partial charge in [-0.2, -0.15) is 0 Å². The molecule has 7 nitrogen and oxygen atoms in total. The maximum Gasteiger partial charge on any atom is 0.292 e. The van der Waals surface area contributed by atoms with Gasteiger partial charge in [0.25, 0.3) is 11.6 Å². The van der Waals surface area contributed by atoms with Gasteiger partial charge >= 0.3 is 0 Å². The molecule has 2 aromatic heterocycles. The van der Waals surface area contributed by atoms with E-state index >= 15 is 0 Å². The number of aromatic nitrogens is 1. The van der Waals surface area contributed by atoms with Gasteiger partial charge in [0, 0.05) is 6.07 Å². The van der Waals surface area contributed by atoms with Gasteiger partial charge in [0.15, 0.2) is 10.4 Å². The highest BCUT2D eigenvalue weighted by atomic mass is 79.9. The first kappa shape index (κ1) is 13.2. The number of nitrogens with zero attached hydrogens (tertiary/aromatic N) is 2. The smallest absolute Gasteiger partial charge is 0.292 e. The molecule has 0 aliphatic rings. The van der Waals surface area contributed by atoms with Gasteiger partial charge in [0.05, 0.1) is 4.92 Å². The molecule has 98 valence electrons. The van der Waals surface area contributed by atoms with E-state index in [0.717, 1.165) is 6.20 Å². The second-order valence-electron chi connectivity index (χ2n) is 3.67. The summed E-state index contributed by atoms with van der Waals surface area (Å²) in [5.41, 5.74) is 0.365. The van der Waals surface area contributed by atoms with Gasteiger partial charge in [-0.3, -0.25) is 14.9 Å². The zero-order chi connectivity index (χ0) is 14.0. The number of aryl methyl sites for hydroxylation is 1. The van der Waals surface area contributed by atoms with Crippen LogP contribution in [0.3, 0.4) is 0 Å². The molecule has 8 heteroatoms. The van der Waals surface area contributed by atoms with Crippen molar-refractivity contribution in [2.24, 2.45) is 0 Å². The molecule has 1 N–H and O–H groups in total. The lowest BCUT2D eigenvalue weighted by Crippen LogP contribution is -2.13. The van der Waals surface area contributed by atoms with Crippen LogP contribution >= 0.6 is 15.9 Å². The molecule has 1 amide bonds. The molecule has 0 saturated carbocycles. The zero-order valence-corrected chi connectivity index (χ0v) is 11.3. The van der Waals surface area contributed by atoms with E-state index in [4.69, 9.17) is 4.42 Å². The Morgan fingerprint density at radius 1 is 1.53 bits per heavy atom. The van der Waals surface area contributed by atoms with E-state index in [2.05, 4.69) is 26.2 Å². The molecule has 2 rings (SSSR count). The molecule has 0 fully saturated rings. The van der Waals surface area contributed by atoms with E-state index in [1.165, 1.54) is 12.1 Å². The van der Waals surface area contributed by atoms with Crippen LogP contribution in [-0.2, 0) is 0 Å². The Labute approximate surface area is 115 Å². The van der Waals surface area contributed by atoms with Crippen molar-refractivity contribution in [1.82, 2.24) is 4.98 Å². The van der Waals surface area contributed by atoms with Crippen molar-refractivity contribution in [2.75, 3.05) is 5.32 Å². The summed E-state index contributed by atoms with van der Waals surface area (Å²) in [6.07, 6.45) is 1.08. The van der Waals surface area contributed by atoms with Gasteiger partial charge in [0.2, 0.25) is 0 Å².